The van der Waals surface area contributed by atoms with E-state index in [1.807, 2.05) is 13.0 Å². The van der Waals surface area contributed by atoms with Crippen molar-refractivity contribution in [1.29, 1.82) is 0 Å². The number of carbonyl (C=O) groups excluding carboxylic acids is 1. The predicted molar refractivity (Wildman–Crippen MR) is 102 cm³/mol. The van der Waals surface area contributed by atoms with Crippen LogP contribution in [-0.2, 0) is 9.84 Å². The summed E-state index contributed by atoms with van der Waals surface area (Å²) in [7, 11) is -2.92. The van der Waals surface area contributed by atoms with Gasteiger partial charge >= 0.3 is 0 Å². The van der Waals surface area contributed by atoms with Crippen LogP contribution in [-0.4, -0.2) is 67.9 Å². The van der Waals surface area contributed by atoms with E-state index in [4.69, 9.17) is 4.42 Å². The molecule has 1 amide bonds. The molecule has 2 saturated heterocycles. The third-order valence-electron chi connectivity index (χ3n) is 5.42. The summed E-state index contributed by atoms with van der Waals surface area (Å²) in [6.07, 6.45) is 0.662. The highest BCUT2D eigenvalue weighted by atomic mass is 32.2. The smallest absolute Gasteiger partial charge is 0.289 e. The molecule has 3 heterocycles. The maximum Gasteiger partial charge on any atom is 0.289 e. The standard InChI is InChI=1S/C19H22N2O5S/c1-13-2-3-17-15(10-13)16(22)11-18(26-17)19(23)21-7-5-20(6-8-21)14-4-9-27(24,25)12-14/h2-3,10-11,14H,4-9,12H2,1H3. The Hall–Kier alpha value is -2.19. The Bertz CT molecular complexity index is 1050. The number of sulfone groups is 1. The van der Waals surface area contributed by atoms with Crippen molar-refractivity contribution in [3.05, 3.63) is 45.8 Å². The molecule has 4 rings (SSSR count). The number of rotatable bonds is 2. The minimum Gasteiger partial charge on any atom is -0.451 e. The van der Waals surface area contributed by atoms with E-state index in [9.17, 15) is 18.0 Å². The summed E-state index contributed by atoms with van der Waals surface area (Å²) in [6, 6.07) is 6.62. The first kappa shape index (κ1) is 18.2. The van der Waals surface area contributed by atoms with Crippen LogP contribution in [0.4, 0.5) is 0 Å². The summed E-state index contributed by atoms with van der Waals surface area (Å²) in [5.74, 6) is 0.208. The summed E-state index contributed by atoms with van der Waals surface area (Å²) in [6.45, 7) is 4.13. The van der Waals surface area contributed by atoms with Crippen molar-refractivity contribution in [1.82, 2.24) is 9.80 Å². The molecule has 2 aliphatic rings. The van der Waals surface area contributed by atoms with Gasteiger partial charge in [-0.3, -0.25) is 14.5 Å². The second-order valence-corrected chi connectivity index (χ2v) is 9.59. The molecule has 1 atom stereocenters. The van der Waals surface area contributed by atoms with Gasteiger partial charge in [0.15, 0.2) is 21.0 Å². The molecule has 1 unspecified atom stereocenters. The predicted octanol–water partition coefficient (Wildman–Crippen LogP) is 1.05. The van der Waals surface area contributed by atoms with Gasteiger partial charge in [0.05, 0.1) is 16.9 Å². The molecule has 2 aliphatic heterocycles. The summed E-state index contributed by atoms with van der Waals surface area (Å²) < 4.78 is 29.0. The molecule has 0 aliphatic carbocycles. The second-order valence-electron chi connectivity index (χ2n) is 7.36. The van der Waals surface area contributed by atoms with Crippen molar-refractivity contribution >= 4 is 26.7 Å². The lowest BCUT2D eigenvalue weighted by atomic mass is 10.1. The minimum absolute atomic E-state index is 0.0493. The van der Waals surface area contributed by atoms with Gasteiger partial charge in [-0.1, -0.05) is 11.6 Å². The molecule has 2 aromatic rings. The number of hydrogen-bond donors (Lipinski definition) is 0. The van der Waals surface area contributed by atoms with E-state index in [0.29, 0.717) is 43.6 Å². The number of amides is 1. The molecule has 7 nitrogen and oxygen atoms in total. The Morgan fingerprint density at radius 1 is 1.15 bits per heavy atom. The van der Waals surface area contributed by atoms with E-state index < -0.39 is 9.84 Å². The number of piperazine rings is 1. The van der Waals surface area contributed by atoms with Gasteiger partial charge in [-0.05, 0) is 25.5 Å². The van der Waals surface area contributed by atoms with E-state index >= 15 is 0 Å². The zero-order chi connectivity index (χ0) is 19.2. The summed E-state index contributed by atoms with van der Waals surface area (Å²) in [4.78, 5) is 28.9. The first-order valence-electron chi connectivity index (χ1n) is 9.11. The number of fused-ring (bicyclic) bond motifs is 1. The van der Waals surface area contributed by atoms with E-state index in [1.54, 1.807) is 17.0 Å². The third-order valence-corrected chi connectivity index (χ3v) is 7.17. The first-order valence-corrected chi connectivity index (χ1v) is 10.9. The monoisotopic (exact) mass is 390 g/mol. The fraction of sp³-hybridized carbons (Fsp3) is 0.474. The molecule has 8 heteroatoms. The zero-order valence-corrected chi connectivity index (χ0v) is 16.0. The van der Waals surface area contributed by atoms with E-state index in [2.05, 4.69) is 4.90 Å². The lowest BCUT2D eigenvalue weighted by molar-refractivity contribution is 0.0559. The van der Waals surface area contributed by atoms with Crippen molar-refractivity contribution in [2.45, 2.75) is 19.4 Å². The highest BCUT2D eigenvalue weighted by Gasteiger charge is 2.34. The van der Waals surface area contributed by atoms with Crippen LogP contribution in [0.2, 0.25) is 0 Å². The Kier molecular flexibility index (Phi) is 4.55. The normalized spacial score (nSPS) is 23.0. The quantitative estimate of drug-likeness (QED) is 0.762. The first-order chi connectivity index (χ1) is 12.8. The van der Waals surface area contributed by atoms with Crippen molar-refractivity contribution < 1.29 is 17.6 Å². The van der Waals surface area contributed by atoms with Crippen LogP contribution in [0.3, 0.4) is 0 Å². The van der Waals surface area contributed by atoms with Gasteiger partial charge in [-0.2, -0.15) is 0 Å². The second kappa shape index (κ2) is 6.76. The fourth-order valence-electron chi connectivity index (χ4n) is 3.88. The van der Waals surface area contributed by atoms with Crippen LogP contribution in [0.1, 0.15) is 22.5 Å². The molecule has 1 aromatic carbocycles. The lowest BCUT2D eigenvalue weighted by Crippen LogP contribution is -2.52. The summed E-state index contributed by atoms with van der Waals surface area (Å²) in [5.41, 5.74) is 1.14. The average Bonchev–Trinajstić information content (AvgIpc) is 3.01. The van der Waals surface area contributed by atoms with Gasteiger partial charge in [0, 0.05) is 38.3 Å². The van der Waals surface area contributed by atoms with Crippen LogP contribution in [0.25, 0.3) is 11.0 Å². The van der Waals surface area contributed by atoms with Gasteiger partial charge in [0.25, 0.3) is 5.91 Å². The minimum atomic E-state index is -2.92. The summed E-state index contributed by atoms with van der Waals surface area (Å²) in [5, 5.41) is 0.471. The van der Waals surface area contributed by atoms with Gasteiger partial charge in [-0.25, -0.2) is 8.42 Å². The van der Waals surface area contributed by atoms with Crippen LogP contribution in [0, 0.1) is 6.92 Å². The Morgan fingerprint density at radius 3 is 2.56 bits per heavy atom. The van der Waals surface area contributed by atoms with Crippen LogP contribution < -0.4 is 5.43 Å². The SMILES string of the molecule is Cc1ccc2oc(C(=O)N3CCN(C4CCS(=O)(=O)C4)CC3)cc(=O)c2c1. The van der Waals surface area contributed by atoms with Crippen molar-refractivity contribution in [3.63, 3.8) is 0 Å². The van der Waals surface area contributed by atoms with Gasteiger partial charge in [0.2, 0.25) is 0 Å². The number of benzene rings is 1. The Balaban J connectivity index is 1.47. The van der Waals surface area contributed by atoms with Gasteiger partial charge in [0.1, 0.15) is 5.58 Å². The molecule has 0 saturated carbocycles. The van der Waals surface area contributed by atoms with Crippen molar-refractivity contribution in [2.75, 3.05) is 37.7 Å². The Morgan fingerprint density at radius 2 is 1.89 bits per heavy atom. The molecule has 2 fully saturated rings. The van der Waals surface area contributed by atoms with Gasteiger partial charge < -0.3 is 9.32 Å². The molecule has 27 heavy (non-hydrogen) atoms. The average molecular weight is 390 g/mol. The molecule has 1 aromatic heterocycles. The van der Waals surface area contributed by atoms with E-state index in [-0.39, 0.29) is 34.6 Å². The fourth-order valence-corrected chi connectivity index (χ4v) is 5.65. The summed E-state index contributed by atoms with van der Waals surface area (Å²) >= 11 is 0. The number of carbonyl (C=O) groups is 1. The van der Waals surface area contributed by atoms with E-state index in [1.165, 1.54) is 6.07 Å². The largest absolute Gasteiger partial charge is 0.451 e. The maximum atomic E-state index is 12.8. The highest BCUT2D eigenvalue weighted by Crippen LogP contribution is 2.20. The van der Waals surface area contributed by atoms with E-state index in [0.717, 1.165) is 5.56 Å². The molecular weight excluding hydrogens is 368 g/mol. The number of aryl methyl sites for hydroxylation is 1. The van der Waals surface area contributed by atoms with Crippen molar-refractivity contribution in [3.8, 4) is 0 Å². The highest BCUT2D eigenvalue weighted by molar-refractivity contribution is 7.91. The van der Waals surface area contributed by atoms with Crippen LogP contribution in [0.15, 0.2) is 33.5 Å². The Labute approximate surface area is 157 Å². The molecule has 0 N–H and O–H groups in total. The zero-order valence-electron chi connectivity index (χ0n) is 15.2. The number of hydrogen-bond acceptors (Lipinski definition) is 6. The van der Waals surface area contributed by atoms with Crippen LogP contribution >= 0.6 is 0 Å². The lowest BCUT2D eigenvalue weighted by Gasteiger charge is -2.37. The molecule has 144 valence electrons. The maximum absolute atomic E-state index is 12.8. The van der Waals surface area contributed by atoms with Crippen LogP contribution in [0.5, 0.6) is 0 Å². The number of nitrogens with zero attached hydrogens (tertiary/aromatic N) is 2. The van der Waals surface area contributed by atoms with Gasteiger partial charge in [-0.15, -0.1) is 0 Å². The van der Waals surface area contributed by atoms with Crippen molar-refractivity contribution in [2.24, 2.45) is 0 Å². The third kappa shape index (κ3) is 3.64. The molecular formula is C19H22N2O5S. The topological polar surface area (TPSA) is 87.9 Å². The molecule has 0 bridgehead atoms. The molecule has 0 spiro atoms. The molecule has 0 radical (unpaired) electrons.